The number of halogens is 1. The van der Waals surface area contributed by atoms with Crippen molar-refractivity contribution in [1.29, 1.82) is 0 Å². The smallest absolute Gasteiger partial charge is 0.342 e. The molecule has 0 atom stereocenters. The molecule has 3 aromatic rings. The van der Waals surface area contributed by atoms with Crippen molar-refractivity contribution in [2.45, 2.75) is 38.7 Å². The van der Waals surface area contributed by atoms with Crippen molar-refractivity contribution in [2.75, 3.05) is 7.11 Å². The fraction of sp³-hybridized carbons (Fsp3) is 0.350. The van der Waals surface area contributed by atoms with Crippen LogP contribution >= 0.6 is 11.6 Å². The largest absolute Gasteiger partial charge is 0.459 e. The van der Waals surface area contributed by atoms with E-state index < -0.39 is 5.97 Å². The highest BCUT2D eigenvalue weighted by molar-refractivity contribution is 6.28. The number of para-hydroxylation sites is 1. The molecule has 1 aromatic carbocycles. The molecule has 1 aliphatic carbocycles. The van der Waals surface area contributed by atoms with Gasteiger partial charge in [0.05, 0.1) is 23.5 Å². The molecule has 27 heavy (non-hydrogen) atoms. The number of fused-ring (bicyclic) bond motifs is 1. The molecule has 2 aromatic heterocycles. The Bertz CT molecular complexity index is 1020. The van der Waals surface area contributed by atoms with E-state index >= 15 is 0 Å². The standard InChI is InChI=1S/C20H20ClN3O3/c1-11(2)27-19(25)15-9-22-20(21)23-17(15)16-10-24(26-3)18-13(12-7-8-12)5-4-6-14(16)18/h4-6,9-12H,7-8H2,1-3H3. The van der Waals surface area contributed by atoms with Gasteiger partial charge in [-0.25, -0.2) is 14.8 Å². The van der Waals surface area contributed by atoms with E-state index in [1.165, 1.54) is 24.6 Å². The van der Waals surface area contributed by atoms with Gasteiger partial charge in [-0.2, -0.15) is 4.73 Å². The molecule has 0 radical (unpaired) electrons. The minimum atomic E-state index is -0.478. The number of esters is 1. The normalized spacial score (nSPS) is 14.0. The van der Waals surface area contributed by atoms with Crippen molar-refractivity contribution in [3.05, 3.63) is 47.0 Å². The Balaban J connectivity index is 1.94. The lowest BCUT2D eigenvalue weighted by molar-refractivity contribution is 0.0378. The van der Waals surface area contributed by atoms with Gasteiger partial charge in [0.15, 0.2) is 0 Å². The topological polar surface area (TPSA) is 66.2 Å². The van der Waals surface area contributed by atoms with Crippen molar-refractivity contribution in [3.63, 3.8) is 0 Å². The maximum absolute atomic E-state index is 12.6. The summed E-state index contributed by atoms with van der Waals surface area (Å²) in [6.07, 6.45) is 5.35. The van der Waals surface area contributed by atoms with Crippen LogP contribution in [0.25, 0.3) is 22.2 Å². The fourth-order valence-corrected chi connectivity index (χ4v) is 3.46. The van der Waals surface area contributed by atoms with Crippen LogP contribution in [0.1, 0.15) is 48.5 Å². The number of carbonyl (C=O) groups excluding carboxylic acids is 1. The third kappa shape index (κ3) is 3.25. The molecule has 1 aliphatic rings. The van der Waals surface area contributed by atoms with E-state index in [-0.39, 0.29) is 17.0 Å². The zero-order chi connectivity index (χ0) is 19.1. The maximum atomic E-state index is 12.6. The van der Waals surface area contributed by atoms with Crippen molar-refractivity contribution >= 4 is 28.5 Å². The second-order valence-corrected chi connectivity index (χ2v) is 7.26. The lowest BCUT2D eigenvalue weighted by Crippen LogP contribution is -2.14. The monoisotopic (exact) mass is 385 g/mol. The average molecular weight is 386 g/mol. The molecule has 0 saturated heterocycles. The lowest BCUT2D eigenvalue weighted by atomic mass is 10.0. The highest BCUT2D eigenvalue weighted by Gasteiger charge is 2.29. The zero-order valence-electron chi connectivity index (χ0n) is 15.4. The van der Waals surface area contributed by atoms with E-state index in [9.17, 15) is 4.79 Å². The first-order valence-corrected chi connectivity index (χ1v) is 9.29. The Kier molecular flexibility index (Phi) is 4.52. The van der Waals surface area contributed by atoms with Crippen LogP contribution in [0.5, 0.6) is 0 Å². The Hall–Kier alpha value is -2.60. The summed E-state index contributed by atoms with van der Waals surface area (Å²) in [5, 5.41) is 1.03. The summed E-state index contributed by atoms with van der Waals surface area (Å²) in [5.41, 5.74) is 3.71. The van der Waals surface area contributed by atoms with Gasteiger partial charge in [0, 0.05) is 17.1 Å². The van der Waals surface area contributed by atoms with Crippen LogP contribution in [-0.2, 0) is 4.74 Å². The highest BCUT2D eigenvalue weighted by atomic mass is 35.5. The Morgan fingerprint density at radius 2 is 2.11 bits per heavy atom. The molecule has 1 saturated carbocycles. The Labute approximate surface area is 162 Å². The number of rotatable bonds is 5. The maximum Gasteiger partial charge on any atom is 0.342 e. The number of nitrogens with zero attached hydrogens (tertiary/aromatic N) is 3. The number of hydrogen-bond acceptors (Lipinski definition) is 5. The molecule has 0 aliphatic heterocycles. The summed E-state index contributed by atoms with van der Waals surface area (Å²) in [6.45, 7) is 3.60. The summed E-state index contributed by atoms with van der Waals surface area (Å²) in [6, 6.07) is 6.15. The van der Waals surface area contributed by atoms with Crippen molar-refractivity contribution in [3.8, 4) is 11.3 Å². The average Bonchev–Trinajstić information content (AvgIpc) is 3.41. The molecule has 7 heteroatoms. The van der Waals surface area contributed by atoms with Gasteiger partial charge in [-0.15, -0.1) is 0 Å². The third-order valence-electron chi connectivity index (χ3n) is 4.62. The number of ether oxygens (including phenoxy) is 1. The number of hydrogen-bond donors (Lipinski definition) is 0. The minimum absolute atomic E-state index is 0.0720. The SMILES string of the molecule is COn1cc(-c2nc(Cl)ncc2C(=O)OC(C)C)c2cccc(C3CC3)c21. The fourth-order valence-electron chi connectivity index (χ4n) is 3.33. The molecular weight excluding hydrogens is 366 g/mol. The first kappa shape index (κ1) is 17.8. The van der Waals surface area contributed by atoms with Gasteiger partial charge in [-0.05, 0) is 49.8 Å². The molecule has 140 valence electrons. The van der Waals surface area contributed by atoms with Crippen LogP contribution in [0.4, 0.5) is 0 Å². The van der Waals surface area contributed by atoms with Gasteiger partial charge in [0.25, 0.3) is 0 Å². The van der Waals surface area contributed by atoms with E-state index in [2.05, 4.69) is 16.0 Å². The second kappa shape index (κ2) is 6.85. The third-order valence-corrected chi connectivity index (χ3v) is 4.80. The van der Waals surface area contributed by atoms with Crippen molar-refractivity contribution in [2.24, 2.45) is 0 Å². The van der Waals surface area contributed by atoms with E-state index in [0.717, 1.165) is 16.5 Å². The van der Waals surface area contributed by atoms with Gasteiger partial charge in [-0.3, -0.25) is 0 Å². The molecule has 2 heterocycles. The molecule has 0 bridgehead atoms. The van der Waals surface area contributed by atoms with Crippen molar-refractivity contribution in [1.82, 2.24) is 14.7 Å². The summed E-state index contributed by atoms with van der Waals surface area (Å²) in [4.78, 5) is 26.5. The van der Waals surface area contributed by atoms with Gasteiger partial charge in [0.2, 0.25) is 5.28 Å². The van der Waals surface area contributed by atoms with Crippen LogP contribution in [0.15, 0.2) is 30.6 Å². The number of benzene rings is 1. The first-order valence-electron chi connectivity index (χ1n) is 8.92. The summed E-state index contributed by atoms with van der Waals surface area (Å²) < 4.78 is 7.08. The summed E-state index contributed by atoms with van der Waals surface area (Å²) in [5.74, 6) is 0.0676. The van der Waals surface area contributed by atoms with Crippen molar-refractivity contribution < 1.29 is 14.4 Å². The zero-order valence-corrected chi connectivity index (χ0v) is 16.2. The van der Waals surface area contributed by atoms with Gasteiger partial charge in [-0.1, -0.05) is 18.2 Å². The molecular formula is C20H20ClN3O3. The van der Waals surface area contributed by atoms with E-state index in [0.29, 0.717) is 11.6 Å². The van der Waals surface area contributed by atoms with Crippen LogP contribution in [0.2, 0.25) is 5.28 Å². The predicted molar refractivity (Wildman–Crippen MR) is 103 cm³/mol. The van der Waals surface area contributed by atoms with Crippen LogP contribution < -0.4 is 4.84 Å². The van der Waals surface area contributed by atoms with E-state index in [1.54, 1.807) is 25.7 Å². The summed E-state index contributed by atoms with van der Waals surface area (Å²) in [7, 11) is 1.62. The van der Waals surface area contributed by atoms with Crippen LogP contribution in [0.3, 0.4) is 0 Å². The quantitative estimate of drug-likeness (QED) is 0.485. The minimum Gasteiger partial charge on any atom is -0.459 e. The van der Waals surface area contributed by atoms with E-state index in [4.69, 9.17) is 21.2 Å². The first-order chi connectivity index (χ1) is 13.0. The van der Waals surface area contributed by atoms with Crippen LogP contribution in [0, 0.1) is 0 Å². The summed E-state index contributed by atoms with van der Waals surface area (Å²) >= 11 is 6.05. The Morgan fingerprint density at radius 1 is 1.33 bits per heavy atom. The lowest BCUT2D eigenvalue weighted by Gasteiger charge is -2.10. The molecule has 0 N–H and O–H groups in total. The second-order valence-electron chi connectivity index (χ2n) is 6.92. The van der Waals surface area contributed by atoms with Gasteiger partial charge in [0.1, 0.15) is 12.7 Å². The Morgan fingerprint density at radius 3 is 2.78 bits per heavy atom. The van der Waals surface area contributed by atoms with Gasteiger partial charge >= 0.3 is 5.97 Å². The molecule has 4 rings (SSSR count). The molecule has 0 spiro atoms. The number of aromatic nitrogens is 3. The van der Waals surface area contributed by atoms with Crippen LogP contribution in [-0.4, -0.2) is 33.9 Å². The molecule has 0 amide bonds. The number of carbonyl (C=O) groups is 1. The predicted octanol–water partition coefficient (Wildman–Crippen LogP) is 4.25. The highest BCUT2D eigenvalue weighted by Crippen LogP contribution is 2.45. The molecule has 6 nitrogen and oxygen atoms in total. The molecule has 1 fully saturated rings. The molecule has 0 unspecified atom stereocenters. The van der Waals surface area contributed by atoms with Gasteiger partial charge < -0.3 is 9.57 Å². The van der Waals surface area contributed by atoms with E-state index in [1.807, 2.05) is 18.3 Å².